The summed E-state index contributed by atoms with van der Waals surface area (Å²) < 4.78 is 27.0. The Morgan fingerprint density at radius 3 is 2.12 bits per heavy atom. The first-order valence-corrected chi connectivity index (χ1v) is 6.87. The van der Waals surface area contributed by atoms with Crippen LogP contribution in [0.3, 0.4) is 0 Å². The van der Waals surface area contributed by atoms with Gasteiger partial charge in [-0.3, -0.25) is 0 Å². The van der Waals surface area contributed by atoms with Crippen LogP contribution >= 0.6 is 0 Å². The van der Waals surface area contributed by atoms with E-state index in [1.165, 1.54) is 6.07 Å². The van der Waals surface area contributed by atoms with Crippen LogP contribution in [0.15, 0.2) is 12.1 Å². The van der Waals surface area contributed by atoms with E-state index in [-0.39, 0.29) is 8.88 Å². The van der Waals surface area contributed by atoms with Gasteiger partial charge in [0.1, 0.15) is 0 Å². The van der Waals surface area contributed by atoms with Crippen LogP contribution in [0.4, 0.5) is 8.78 Å². The molecular formula is C10H13BF2IO2-. The van der Waals surface area contributed by atoms with E-state index >= 15 is 0 Å². The fourth-order valence-corrected chi connectivity index (χ4v) is 3.76. The number of hydrogen-bond acceptors (Lipinski definition) is 2. The van der Waals surface area contributed by atoms with Gasteiger partial charge in [-0.25, -0.2) is 0 Å². The van der Waals surface area contributed by atoms with Crippen molar-refractivity contribution in [1.29, 1.82) is 0 Å². The zero-order valence-corrected chi connectivity index (χ0v) is 11.4. The van der Waals surface area contributed by atoms with Crippen molar-refractivity contribution in [3.05, 3.63) is 27.3 Å². The molecule has 6 heteroatoms. The van der Waals surface area contributed by atoms with Gasteiger partial charge in [0.15, 0.2) is 0 Å². The van der Waals surface area contributed by atoms with Gasteiger partial charge in [-0.15, -0.1) is 0 Å². The molecule has 0 aliphatic rings. The standard InChI is InChI=1S/C10H13BF2IO2/c1-10(2,3)14-9-4-6(11(15)16)7(12)5-8(9)13/h4-5,15-16H,1-3H3/q-1. The van der Waals surface area contributed by atoms with Crippen LogP contribution in [0.2, 0.25) is 0 Å². The number of halogens is 3. The van der Waals surface area contributed by atoms with Gasteiger partial charge >= 0.3 is 104 Å². The Bertz CT molecular complexity index is 391. The Morgan fingerprint density at radius 2 is 1.69 bits per heavy atom. The second-order valence-electron chi connectivity index (χ2n) is 4.32. The first kappa shape index (κ1) is 13.9. The van der Waals surface area contributed by atoms with Crippen molar-refractivity contribution in [2.45, 2.75) is 24.2 Å². The summed E-state index contributed by atoms with van der Waals surface area (Å²) in [5.41, 5.74) is -0.264. The quantitative estimate of drug-likeness (QED) is 0.275. The second kappa shape index (κ2) is 4.97. The number of hydrogen-bond donors (Lipinski definition) is 2. The van der Waals surface area contributed by atoms with Crippen molar-refractivity contribution in [1.82, 2.24) is 0 Å². The molecule has 0 spiro atoms. The first-order valence-electron chi connectivity index (χ1n) is 4.72. The average Bonchev–Trinajstić information content (AvgIpc) is 2.07. The summed E-state index contributed by atoms with van der Waals surface area (Å²) in [6.45, 7) is 5.91. The van der Waals surface area contributed by atoms with Gasteiger partial charge in [0.2, 0.25) is 0 Å². The van der Waals surface area contributed by atoms with Crippen molar-refractivity contribution >= 4 is 12.6 Å². The molecule has 1 aromatic carbocycles. The Kier molecular flexibility index (Phi) is 4.31. The Balaban J connectivity index is 3.15. The molecule has 2 N–H and O–H groups in total. The number of benzene rings is 1. The molecule has 1 aromatic rings. The van der Waals surface area contributed by atoms with Crippen LogP contribution < -0.4 is 26.7 Å². The summed E-state index contributed by atoms with van der Waals surface area (Å²) in [5.74, 6) is -1.53. The molecule has 0 aromatic heterocycles. The third-order valence-electron chi connectivity index (χ3n) is 1.70. The molecule has 16 heavy (non-hydrogen) atoms. The van der Waals surface area contributed by atoms with Gasteiger partial charge in [-0.05, 0) is 0 Å². The molecule has 0 aliphatic carbocycles. The van der Waals surface area contributed by atoms with Crippen LogP contribution in [0.1, 0.15) is 20.8 Å². The van der Waals surface area contributed by atoms with E-state index in [0.29, 0.717) is 3.57 Å². The van der Waals surface area contributed by atoms with Crippen molar-refractivity contribution in [3.8, 4) is 0 Å². The van der Waals surface area contributed by atoms with E-state index in [4.69, 9.17) is 10.0 Å². The molecule has 0 saturated heterocycles. The maximum absolute atomic E-state index is 13.4. The van der Waals surface area contributed by atoms with Crippen molar-refractivity contribution in [2.24, 2.45) is 0 Å². The molecule has 2 nitrogen and oxygen atoms in total. The normalized spacial score (nSPS) is 11.9. The van der Waals surface area contributed by atoms with E-state index in [0.717, 1.165) is 6.07 Å². The van der Waals surface area contributed by atoms with Gasteiger partial charge < -0.3 is 0 Å². The van der Waals surface area contributed by atoms with Crippen molar-refractivity contribution in [3.63, 3.8) is 0 Å². The molecule has 0 saturated carbocycles. The van der Waals surface area contributed by atoms with Crippen LogP contribution in [0.5, 0.6) is 0 Å². The Labute approximate surface area is 104 Å². The summed E-state index contributed by atoms with van der Waals surface area (Å²) in [5, 5.41) is 17.8. The molecule has 0 atom stereocenters. The topological polar surface area (TPSA) is 40.5 Å². The van der Waals surface area contributed by atoms with E-state index in [1.807, 2.05) is 20.8 Å². The number of rotatable bonds is 2. The van der Waals surface area contributed by atoms with Crippen molar-refractivity contribution in [2.75, 3.05) is 0 Å². The molecule has 0 aliphatic heterocycles. The molecule has 90 valence electrons. The van der Waals surface area contributed by atoms with Gasteiger partial charge in [0, 0.05) is 0 Å². The summed E-state index contributed by atoms with van der Waals surface area (Å²) >= 11 is -0.657. The first-order chi connectivity index (χ1) is 7.20. The average molecular weight is 341 g/mol. The van der Waals surface area contributed by atoms with Gasteiger partial charge in [0.25, 0.3) is 0 Å². The molecule has 0 radical (unpaired) electrons. The van der Waals surface area contributed by atoms with Crippen LogP contribution in [-0.2, 0) is 0 Å². The zero-order valence-electron chi connectivity index (χ0n) is 9.26. The molecular weight excluding hydrogens is 328 g/mol. The SMILES string of the molecule is CC(C)(C)[I-]c1cc(B(O)O)c(F)cc1F. The van der Waals surface area contributed by atoms with Crippen LogP contribution in [0.25, 0.3) is 0 Å². The fraction of sp³-hybridized carbons (Fsp3) is 0.400. The summed E-state index contributed by atoms with van der Waals surface area (Å²) in [6, 6.07) is 1.93. The van der Waals surface area contributed by atoms with Crippen LogP contribution in [-0.4, -0.2) is 20.6 Å². The van der Waals surface area contributed by atoms with E-state index < -0.39 is 40.0 Å². The van der Waals surface area contributed by atoms with E-state index in [9.17, 15) is 8.78 Å². The van der Waals surface area contributed by atoms with E-state index in [1.54, 1.807) is 0 Å². The minimum absolute atomic E-state index is 0.0464. The van der Waals surface area contributed by atoms with Gasteiger partial charge in [-0.2, -0.15) is 0 Å². The Hall–Kier alpha value is -0.205. The third kappa shape index (κ3) is 3.67. The minimum atomic E-state index is -1.90. The Morgan fingerprint density at radius 1 is 1.12 bits per heavy atom. The monoisotopic (exact) mass is 341 g/mol. The molecule has 0 heterocycles. The van der Waals surface area contributed by atoms with Gasteiger partial charge in [-0.1, -0.05) is 0 Å². The molecule has 0 unspecified atom stereocenters. The summed E-state index contributed by atoms with van der Waals surface area (Å²) in [4.78, 5) is 0. The molecule has 1 rings (SSSR count). The zero-order chi connectivity index (χ0) is 12.5. The maximum atomic E-state index is 13.4. The van der Waals surface area contributed by atoms with Crippen molar-refractivity contribution < 1.29 is 40.0 Å². The molecule has 0 amide bonds. The number of alkyl halides is 1. The molecule has 0 fully saturated rings. The summed E-state index contributed by atoms with van der Waals surface area (Å²) in [7, 11) is -1.90. The van der Waals surface area contributed by atoms with Gasteiger partial charge in [0.05, 0.1) is 0 Å². The predicted octanol–water partition coefficient (Wildman–Crippen LogP) is -2.30. The second-order valence-corrected chi connectivity index (χ2v) is 9.26. The third-order valence-corrected chi connectivity index (χ3v) is 4.73. The van der Waals surface area contributed by atoms with E-state index in [2.05, 4.69) is 0 Å². The fourth-order valence-electron chi connectivity index (χ4n) is 1.11. The summed E-state index contributed by atoms with van der Waals surface area (Å²) in [6.07, 6.45) is 0. The predicted molar refractivity (Wildman–Crippen MR) is 54.6 cm³/mol. The van der Waals surface area contributed by atoms with Crippen LogP contribution in [0, 0.1) is 15.2 Å². The molecule has 0 bridgehead atoms.